The number of fused-ring (bicyclic) bond motifs is 1. The van der Waals surface area contributed by atoms with Crippen LogP contribution in [0.1, 0.15) is 16.1 Å². The molecule has 1 N–H and O–H groups in total. The summed E-state index contributed by atoms with van der Waals surface area (Å²) in [6.45, 7) is 0.126. The fourth-order valence-corrected chi connectivity index (χ4v) is 3.96. The van der Waals surface area contributed by atoms with Gasteiger partial charge >= 0.3 is 0 Å². The van der Waals surface area contributed by atoms with Crippen LogP contribution in [0.25, 0.3) is 21.6 Å². The molecule has 0 aliphatic rings. The van der Waals surface area contributed by atoms with Gasteiger partial charge < -0.3 is 0 Å². The first-order valence-corrected chi connectivity index (χ1v) is 10.4. The molecule has 0 spiro atoms. The van der Waals surface area contributed by atoms with Gasteiger partial charge in [-0.3, -0.25) is 10.1 Å². The average Bonchev–Trinajstić information content (AvgIpc) is 3.41. The Morgan fingerprint density at radius 1 is 1.00 bits per heavy atom. The van der Waals surface area contributed by atoms with Crippen molar-refractivity contribution < 1.29 is 13.6 Å². The molecule has 2 aromatic carbocycles. The highest BCUT2D eigenvalue weighted by Crippen LogP contribution is 2.27. The zero-order valence-corrected chi connectivity index (χ0v) is 17.2. The summed E-state index contributed by atoms with van der Waals surface area (Å²) in [4.78, 5) is 17.3. The molecular formula is C22H14F2N6OS. The molecule has 158 valence electrons. The van der Waals surface area contributed by atoms with Crippen molar-refractivity contribution >= 4 is 33.4 Å². The van der Waals surface area contributed by atoms with Crippen LogP contribution in [0.3, 0.4) is 0 Å². The van der Waals surface area contributed by atoms with E-state index in [1.165, 1.54) is 22.9 Å². The summed E-state index contributed by atoms with van der Waals surface area (Å²) in [6.07, 6.45) is 1.59. The molecule has 7 nitrogen and oxygen atoms in total. The second kappa shape index (κ2) is 8.23. The van der Waals surface area contributed by atoms with E-state index in [0.717, 1.165) is 11.3 Å². The van der Waals surface area contributed by atoms with Gasteiger partial charge in [0, 0.05) is 17.3 Å². The molecule has 0 bridgehead atoms. The van der Waals surface area contributed by atoms with Crippen molar-refractivity contribution in [3.05, 3.63) is 89.8 Å². The van der Waals surface area contributed by atoms with Crippen LogP contribution in [-0.4, -0.2) is 30.9 Å². The van der Waals surface area contributed by atoms with Gasteiger partial charge in [-0.1, -0.05) is 29.5 Å². The molecule has 0 atom stereocenters. The molecule has 0 saturated heterocycles. The van der Waals surface area contributed by atoms with E-state index in [9.17, 15) is 13.6 Å². The molecule has 3 heterocycles. The van der Waals surface area contributed by atoms with Crippen LogP contribution in [0.15, 0.2) is 66.9 Å². The van der Waals surface area contributed by atoms with E-state index < -0.39 is 5.91 Å². The van der Waals surface area contributed by atoms with Gasteiger partial charge in [0.05, 0.1) is 11.9 Å². The average molecular weight is 448 g/mol. The van der Waals surface area contributed by atoms with Crippen LogP contribution in [0, 0.1) is 11.6 Å². The number of hydrogen-bond acceptors (Lipinski definition) is 6. The second-order valence-electron chi connectivity index (χ2n) is 6.85. The lowest BCUT2D eigenvalue weighted by Crippen LogP contribution is -2.14. The Morgan fingerprint density at radius 2 is 1.81 bits per heavy atom. The zero-order valence-electron chi connectivity index (χ0n) is 16.4. The number of benzene rings is 2. The maximum absolute atomic E-state index is 14.1. The van der Waals surface area contributed by atoms with E-state index >= 15 is 0 Å². The number of amides is 1. The number of carbonyl (C=O) groups excluding carboxylic acids is 1. The van der Waals surface area contributed by atoms with Crippen LogP contribution in [0.4, 0.5) is 13.9 Å². The predicted octanol–water partition coefficient (Wildman–Crippen LogP) is 4.53. The van der Waals surface area contributed by atoms with Gasteiger partial charge in [0.1, 0.15) is 16.6 Å². The third-order valence-corrected chi connectivity index (χ3v) is 5.62. The number of anilines is 1. The highest BCUT2D eigenvalue weighted by Gasteiger charge is 2.20. The number of rotatable bonds is 5. The first kappa shape index (κ1) is 19.9. The molecular weight excluding hydrogens is 434 g/mol. The second-order valence-corrected chi connectivity index (χ2v) is 7.82. The van der Waals surface area contributed by atoms with Crippen molar-refractivity contribution in [3.63, 3.8) is 0 Å². The van der Waals surface area contributed by atoms with Crippen LogP contribution in [-0.2, 0) is 6.54 Å². The van der Waals surface area contributed by atoms with E-state index in [4.69, 9.17) is 0 Å². The highest BCUT2D eigenvalue weighted by atomic mass is 32.1. The normalized spacial score (nSPS) is 11.1. The van der Waals surface area contributed by atoms with Crippen LogP contribution < -0.4 is 5.32 Å². The summed E-state index contributed by atoms with van der Waals surface area (Å²) < 4.78 is 28.7. The van der Waals surface area contributed by atoms with E-state index in [0.29, 0.717) is 27.2 Å². The Morgan fingerprint density at radius 3 is 2.62 bits per heavy atom. The van der Waals surface area contributed by atoms with Crippen molar-refractivity contribution in [2.24, 2.45) is 0 Å². The Labute approximate surface area is 184 Å². The van der Waals surface area contributed by atoms with Crippen molar-refractivity contribution in [3.8, 4) is 10.6 Å². The van der Waals surface area contributed by atoms with Gasteiger partial charge in [-0.2, -0.15) is 5.10 Å². The SMILES string of the molecule is O=C(Nc1nnc(-c2ccc(F)cc2)s1)c1nn(Cc2ccccc2F)c2ncccc12. The monoisotopic (exact) mass is 448 g/mol. The highest BCUT2D eigenvalue weighted by molar-refractivity contribution is 7.18. The number of nitrogens with zero attached hydrogens (tertiary/aromatic N) is 5. The molecule has 0 radical (unpaired) electrons. The number of halogens is 2. The maximum Gasteiger partial charge on any atom is 0.278 e. The molecule has 0 saturated carbocycles. The zero-order chi connectivity index (χ0) is 22.1. The smallest absolute Gasteiger partial charge is 0.278 e. The fraction of sp³-hybridized carbons (Fsp3) is 0.0455. The first-order valence-electron chi connectivity index (χ1n) is 9.54. The standard InChI is InChI=1S/C22H14F2N6OS/c23-15-9-7-13(8-10-15)21-27-28-22(32-21)26-20(31)18-16-5-3-11-25-19(16)30(29-18)12-14-4-1-2-6-17(14)24/h1-11H,12H2,(H,26,28,31). The van der Waals surface area contributed by atoms with E-state index in [1.807, 2.05) is 0 Å². The third kappa shape index (κ3) is 3.83. The van der Waals surface area contributed by atoms with Crippen LogP contribution in [0.5, 0.6) is 0 Å². The molecule has 32 heavy (non-hydrogen) atoms. The van der Waals surface area contributed by atoms with Crippen molar-refractivity contribution in [1.29, 1.82) is 0 Å². The maximum atomic E-state index is 14.1. The number of aromatic nitrogens is 5. The lowest BCUT2D eigenvalue weighted by Gasteiger charge is -2.04. The molecule has 0 unspecified atom stereocenters. The quantitative estimate of drug-likeness (QED) is 0.427. The minimum Gasteiger partial charge on any atom is -0.295 e. The summed E-state index contributed by atoms with van der Waals surface area (Å²) in [6, 6.07) is 15.6. The predicted molar refractivity (Wildman–Crippen MR) is 116 cm³/mol. The molecule has 0 aliphatic heterocycles. The third-order valence-electron chi connectivity index (χ3n) is 4.74. The van der Waals surface area contributed by atoms with Crippen LogP contribution >= 0.6 is 11.3 Å². The molecule has 0 fully saturated rings. The lowest BCUT2D eigenvalue weighted by atomic mass is 10.2. The Kier molecular flexibility index (Phi) is 5.12. The summed E-state index contributed by atoms with van der Waals surface area (Å²) in [7, 11) is 0. The number of hydrogen-bond donors (Lipinski definition) is 1. The number of pyridine rings is 1. The number of carbonyl (C=O) groups is 1. The van der Waals surface area contributed by atoms with Crippen molar-refractivity contribution in [2.45, 2.75) is 6.54 Å². The minimum atomic E-state index is -0.489. The lowest BCUT2D eigenvalue weighted by molar-refractivity contribution is 0.102. The van der Waals surface area contributed by atoms with Gasteiger partial charge in [-0.15, -0.1) is 10.2 Å². The van der Waals surface area contributed by atoms with E-state index in [2.05, 4.69) is 25.6 Å². The Balaban J connectivity index is 1.43. The van der Waals surface area contributed by atoms with Gasteiger partial charge in [0.25, 0.3) is 5.91 Å². The van der Waals surface area contributed by atoms with Crippen molar-refractivity contribution in [2.75, 3.05) is 5.32 Å². The summed E-state index contributed by atoms with van der Waals surface area (Å²) in [5.74, 6) is -1.20. The summed E-state index contributed by atoms with van der Waals surface area (Å²) in [5.41, 5.74) is 1.73. The van der Waals surface area contributed by atoms with Gasteiger partial charge in [0.2, 0.25) is 5.13 Å². The Hall–Kier alpha value is -4.05. The van der Waals surface area contributed by atoms with Crippen LogP contribution in [0.2, 0.25) is 0 Å². The molecule has 0 aliphatic carbocycles. The first-order chi connectivity index (χ1) is 15.6. The Bertz CT molecular complexity index is 1430. The minimum absolute atomic E-state index is 0.126. The number of nitrogens with one attached hydrogen (secondary N) is 1. The molecule has 5 rings (SSSR count). The largest absolute Gasteiger partial charge is 0.295 e. The van der Waals surface area contributed by atoms with Gasteiger partial charge in [0.15, 0.2) is 11.3 Å². The summed E-state index contributed by atoms with van der Waals surface area (Å²) in [5, 5.41) is 16.5. The van der Waals surface area contributed by atoms with E-state index in [1.54, 1.807) is 48.7 Å². The topological polar surface area (TPSA) is 85.6 Å². The van der Waals surface area contributed by atoms with E-state index in [-0.39, 0.29) is 29.0 Å². The van der Waals surface area contributed by atoms with Gasteiger partial charge in [-0.25, -0.2) is 18.4 Å². The van der Waals surface area contributed by atoms with Gasteiger partial charge in [-0.05, 0) is 42.5 Å². The van der Waals surface area contributed by atoms with Crippen molar-refractivity contribution in [1.82, 2.24) is 25.0 Å². The molecule has 1 amide bonds. The fourth-order valence-electron chi connectivity index (χ4n) is 3.21. The molecule has 5 aromatic rings. The molecule has 10 heteroatoms. The molecule has 3 aromatic heterocycles. The summed E-state index contributed by atoms with van der Waals surface area (Å²) >= 11 is 1.16.